The Kier molecular flexibility index (Phi) is 3.33. The molecule has 0 spiro atoms. The highest BCUT2D eigenvalue weighted by molar-refractivity contribution is 7.08. The quantitative estimate of drug-likeness (QED) is 0.728. The molecule has 0 saturated heterocycles. The van der Waals surface area contributed by atoms with E-state index < -0.39 is 0 Å². The van der Waals surface area contributed by atoms with E-state index in [1.165, 1.54) is 11.1 Å². The molecular formula is C9H13NS. The number of hydrogen-bond acceptors (Lipinski definition) is 2. The highest BCUT2D eigenvalue weighted by Crippen LogP contribution is 2.09. The number of rotatable bonds is 3. The van der Waals surface area contributed by atoms with Gasteiger partial charge in [-0.3, -0.25) is 0 Å². The van der Waals surface area contributed by atoms with E-state index in [0.717, 1.165) is 6.54 Å². The summed E-state index contributed by atoms with van der Waals surface area (Å²) in [6.45, 7) is 3.10. The fourth-order valence-electron chi connectivity index (χ4n) is 0.972. The van der Waals surface area contributed by atoms with E-state index in [4.69, 9.17) is 0 Å². The van der Waals surface area contributed by atoms with Gasteiger partial charge < -0.3 is 5.32 Å². The molecule has 1 heterocycles. The van der Waals surface area contributed by atoms with Gasteiger partial charge in [0.15, 0.2) is 0 Å². The van der Waals surface area contributed by atoms with Crippen LogP contribution in [0.4, 0.5) is 0 Å². The normalized spacial score (nSPS) is 12.0. The van der Waals surface area contributed by atoms with Gasteiger partial charge >= 0.3 is 0 Å². The van der Waals surface area contributed by atoms with Crippen LogP contribution in [0.3, 0.4) is 0 Å². The first-order valence-corrected chi connectivity index (χ1v) is 4.61. The van der Waals surface area contributed by atoms with Gasteiger partial charge in [0.1, 0.15) is 0 Å². The van der Waals surface area contributed by atoms with E-state index in [9.17, 15) is 0 Å². The monoisotopic (exact) mass is 167 g/mol. The van der Waals surface area contributed by atoms with Crippen molar-refractivity contribution in [1.82, 2.24) is 5.32 Å². The molecule has 1 nitrogen and oxygen atoms in total. The van der Waals surface area contributed by atoms with E-state index >= 15 is 0 Å². The Bertz CT molecular complexity index is 224. The maximum Gasteiger partial charge on any atom is 0.0162 e. The van der Waals surface area contributed by atoms with Gasteiger partial charge in [-0.05, 0) is 36.4 Å². The van der Waals surface area contributed by atoms with Crippen LogP contribution in [0.1, 0.15) is 12.5 Å². The molecule has 0 aromatic carbocycles. The minimum atomic E-state index is 0.968. The van der Waals surface area contributed by atoms with Crippen molar-refractivity contribution in [3.05, 3.63) is 28.0 Å². The first-order chi connectivity index (χ1) is 5.33. The Hall–Kier alpha value is -0.600. The van der Waals surface area contributed by atoms with Crippen molar-refractivity contribution in [2.45, 2.75) is 6.92 Å². The fourth-order valence-corrected chi connectivity index (χ4v) is 1.59. The van der Waals surface area contributed by atoms with Crippen molar-refractivity contribution in [3.8, 4) is 0 Å². The second-order valence-electron chi connectivity index (χ2n) is 2.58. The molecule has 1 aromatic rings. The lowest BCUT2D eigenvalue weighted by atomic mass is 10.2. The van der Waals surface area contributed by atoms with E-state index in [1.54, 1.807) is 11.3 Å². The van der Waals surface area contributed by atoms with Crippen LogP contribution < -0.4 is 5.32 Å². The molecule has 2 heteroatoms. The fraction of sp³-hybridized carbons (Fsp3) is 0.333. The summed E-state index contributed by atoms with van der Waals surface area (Å²) in [6, 6.07) is 2.13. The predicted octanol–water partition coefficient (Wildman–Crippen LogP) is 2.37. The summed E-state index contributed by atoms with van der Waals surface area (Å²) in [7, 11) is 1.96. The summed E-state index contributed by atoms with van der Waals surface area (Å²) in [4.78, 5) is 0. The molecule has 0 fully saturated rings. The van der Waals surface area contributed by atoms with Crippen molar-refractivity contribution >= 4 is 17.4 Å². The second kappa shape index (κ2) is 4.31. The molecule has 0 atom stereocenters. The third-order valence-corrected chi connectivity index (χ3v) is 2.11. The SMILES string of the molecule is CNCC(C)=Cc1ccsc1. The molecule has 0 radical (unpaired) electrons. The molecule has 11 heavy (non-hydrogen) atoms. The maximum absolute atomic E-state index is 3.12. The summed E-state index contributed by atoms with van der Waals surface area (Å²) in [5, 5.41) is 7.36. The maximum atomic E-state index is 3.12. The van der Waals surface area contributed by atoms with Gasteiger partial charge in [-0.15, -0.1) is 0 Å². The van der Waals surface area contributed by atoms with Gasteiger partial charge in [0.25, 0.3) is 0 Å². The van der Waals surface area contributed by atoms with Crippen molar-refractivity contribution in [1.29, 1.82) is 0 Å². The summed E-state index contributed by atoms with van der Waals surface area (Å²) >= 11 is 1.73. The second-order valence-corrected chi connectivity index (χ2v) is 3.36. The van der Waals surface area contributed by atoms with Crippen LogP contribution in [0, 0.1) is 0 Å². The Morgan fingerprint density at radius 2 is 2.55 bits per heavy atom. The van der Waals surface area contributed by atoms with Gasteiger partial charge in [-0.1, -0.05) is 11.6 Å². The van der Waals surface area contributed by atoms with Gasteiger partial charge in [0.2, 0.25) is 0 Å². The Labute approximate surface area is 71.8 Å². The van der Waals surface area contributed by atoms with Crippen molar-refractivity contribution in [3.63, 3.8) is 0 Å². The topological polar surface area (TPSA) is 12.0 Å². The number of hydrogen-bond donors (Lipinski definition) is 1. The molecular weight excluding hydrogens is 154 g/mol. The average molecular weight is 167 g/mol. The molecule has 0 saturated carbocycles. The van der Waals surface area contributed by atoms with Crippen LogP contribution in [-0.2, 0) is 0 Å². The Morgan fingerprint density at radius 3 is 3.09 bits per heavy atom. The molecule has 0 aliphatic carbocycles. The van der Waals surface area contributed by atoms with Crippen LogP contribution >= 0.6 is 11.3 Å². The van der Waals surface area contributed by atoms with Gasteiger partial charge in [0.05, 0.1) is 0 Å². The van der Waals surface area contributed by atoms with E-state index in [2.05, 4.69) is 35.1 Å². The minimum Gasteiger partial charge on any atom is -0.316 e. The van der Waals surface area contributed by atoms with E-state index in [0.29, 0.717) is 0 Å². The minimum absolute atomic E-state index is 0.968. The van der Waals surface area contributed by atoms with Crippen LogP contribution in [0.5, 0.6) is 0 Å². The molecule has 0 aliphatic rings. The molecule has 60 valence electrons. The largest absolute Gasteiger partial charge is 0.316 e. The lowest BCUT2D eigenvalue weighted by molar-refractivity contribution is 0.885. The zero-order valence-electron chi connectivity index (χ0n) is 6.92. The summed E-state index contributed by atoms with van der Waals surface area (Å²) in [5.74, 6) is 0. The smallest absolute Gasteiger partial charge is 0.0162 e. The van der Waals surface area contributed by atoms with Crippen LogP contribution in [-0.4, -0.2) is 13.6 Å². The predicted molar refractivity (Wildman–Crippen MR) is 51.9 cm³/mol. The van der Waals surface area contributed by atoms with Crippen molar-refractivity contribution in [2.24, 2.45) is 0 Å². The zero-order chi connectivity index (χ0) is 8.10. The molecule has 0 aliphatic heterocycles. The van der Waals surface area contributed by atoms with Gasteiger partial charge in [0, 0.05) is 6.54 Å². The molecule has 1 N–H and O–H groups in total. The van der Waals surface area contributed by atoms with Crippen LogP contribution in [0.2, 0.25) is 0 Å². The highest BCUT2D eigenvalue weighted by atomic mass is 32.1. The van der Waals surface area contributed by atoms with E-state index in [1.807, 2.05) is 7.05 Å². The summed E-state index contributed by atoms with van der Waals surface area (Å²) in [5.41, 5.74) is 2.67. The van der Waals surface area contributed by atoms with Gasteiger partial charge in [-0.2, -0.15) is 11.3 Å². The molecule has 1 rings (SSSR count). The number of thiophene rings is 1. The molecule has 0 unspecified atom stereocenters. The third-order valence-electron chi connectivity index (χ3n) is 1.41. The standard InChI is InChI=1S/C9H13NS/c1-8(6-10-2)5-9-3-4-11-7-9/h3-5,7,10H,6H2,1-2H3. The van der Waals surface area contributed by atoms with Gasteiger partial charge in [-0.25, -0.2) is 0 Å². The first kappa shape index (κ1) is 8.50. The third kappa shape index (κ3) is 2.87. The average Bonchev–Trinajstić information content (AvgIpc) is 2.40. The summed E-state index contributed by atoms with van der Waals surface area (Å²) in [6.07, 6.45) is 2.20. The Balaban J connectivity index is 2.58. The molecule has 0 bridgehead atoms. The molecule has 1 aromatic heterocycles. The molecule has 0 amide bonds. The van der Waals surface area contributed by atoms with Crippen LogP contribution in [0.25, 0.3) is 6.08 Å². The van der Waals surface area contributed by atoms with Crippen molar-refractivity contribution < 1.29 is 0 Å². The summed E-state index contributed by atoms with van der Waals surface area (Å²) < 4.78 is 0. The van der Waals surface area contributed by atoms with Crippen molar-refractivity contribution in [2.75, 3.05) is 13.6 Å². The first-order valence-electron chi connectivity index (χ1n) is 3.67. The van der Waals surface area contributed by atoms with E-state index in [-0.39, 0.29) is 0 Å². The van der Waals surface area contributed by atoms with Crippen LogP contribution in [0.15, 0.2) is 22.4 Å². The highest BCUT2D eigenvalue weighted by Gasteiger charge is 1.89. The number of likely N-dealkylation sites (N-methyl/N-ethyl adjacent to an activating group) is 1. The Morgan fingerprint density at radius 1 is 1.73 bits per heavy atom. The lowest BCUT2D eigenvalue weighted by Crippen LogP contribution is -2.08. The zero-order valence-corrected chi connectivity index (χ0v) is 7.74. The number of nitrogens with one attached hydrogen (secondary N) is 1. The lowest BCUT2D eigenvalue weighted by Gasteiger charge is -1.96.